The van der Waals surface area contributed by atoms with Gasteiger partial charge in [-0.05, 0) is 50.4 Å². The lowest BCUT2D eigenvalue weighted by Gasteiger charge is -2.32. The quantitative estimate of drug-likeness (QED) is 0.822. The van der Waals surface area contributed by atoms with Gasteiger partial charge in [0.15, 0.2) is 0 Å². The van der Waals surface area contributed by atoms with Crippen molar-refractivity contribution in [3.05, 3.63) is 0 Å². The standard InChI is InChI=1S/C16H27NO5S/c18-16(19)15-11-13-3-1-2-4-14(13)17(15)23(20,21)10-7-12-5-8-22-9-6-12/h12-15H,1-11H2,(H,18,19). The van der Waals surface area contributed by atoms with Gasteiger partial charge >= 0.3 is 5.97 Å². The molecule has 0 bridgehead atoms. The van der Waals surface area contributed by atoms with Crippen LogP contribution >= 0.6 is 0 Å². The van der Waals surface area contributed by atoms with Gasteiger partial charge in [-0.3, -0.25) is 4.79 Å². The molecule has 1 N–H and O–H groups in total. The molecule has 3 fully saturated rings. The van der Waals surface area contributed by atoms with Crippen LogP contribution in [0.2, 0.25) is 0 Å². The van der Waals surface area contributed by atoms with Crippen molar-refractivity contribution in [3.8, 4) is 0 Å². The third-order valence-electron chi connectivity index (χ3n) is 5.76. The molecule has 0 aromatic heterocycles. The number of sulfonamides is 1. The molecular formula is C16H27NO5S. The second kappa shape index (κ2) is 7.07. The number of hydrogen-bond acceptors (Lipinski definition) is 4. The van der Waals surface area contributed by atoms with Crippen molar-refractivity contribution >= 4 is 16.0 Å². The third-order valence-corrected chi connectivity index (χ3v) is 7.68. The first kappa shape index (κ1) is 17.2. The number of rotatable bonds is 5. The van der Waals surface area contributed by atoms with Crippen molar-refractivity contribution in [3.63, 3.8) is 0 Å². The van der Waals surface area contributed by atoms with Crippen molar-refractivity contribution in [2.75, 3.05) is 19.0 Å². The predicted octanol–water partition coefficient (Wildman–Crippen LogP) is 1.85. The smallest absolute Gasteiger partial charge is 0.322 e. The number of carbonyl (C=O) groups is 1. The molecule has 0 amide bonds. The molecule has 2 heterocycles. The summed E-state index contributed by atoms with van der Waals surface area (Å²) in [5, 5.41) is 9.49. The molecule has 2 aliphatic heterocycles. The Morgan fingerprint density at radius 2 is 1.83 bits per heavy atom. The summed E-state index contributed by atoms with van der Waals surface area (Å²) in [6, 6.07) is -0.952. The number of nitrogens with zero attached hydrogens (tertiary/aromatic N) is 1. The normalized spacial score (nSPS) is 33.5. The van der Waals surface area contributed by atoms with Crippen molar-refractivity contribution in [1.82, 2.24) is 4.31 Å². The van der Waals surface area contributed by atoms with E-state index in [4.69, 9.17) is 4.74 Å². The van der Waals surface area contributed by atoms with Gasteiger partial charge in [0.2, 0.25) is 10.0 Å². The van der Waals surface area contributed by atoms with E-state index in [9.17, 15) is 18.3 Å². The zero-order valence-corrected chi connectivity index (χ0v) is 14.3. The fourth-order valence-corrected chi connectivity index (χ4v) is 6.58. The highest BCUT2D eigenvalue weighted by atomic mass is 32.2. The maximum atomic E-state index is 12.9. The topological polar surface area (TPSA) is 83.9 Å². The Hall–Kier alpha value is -0.660. The zero-order valence-electron chi connectivity index (χ0n) is 13.5. The molecule has 0 aromatic carbocycles. The van der Waals surface area contributed by atoms with Crippen molar-refractivity contribution in [1.29, 1.82) is 0 Å². The molecule has 3 rings (SSSR count). The zero-order chi connectivity index (χ0) is 16.4. The van der Waals surface area contributed by atoms with E-state index in [2.05, 4.69) is 0 Å². The minimum atomic E-state index is -3.51. The van der Waals surface area contributed by atoms with Gasteiger partial charge in [-0.25, -0.2) is 8.42 Å². The first-order chi connectivity index (χ1) is 11.0. The van der Waals surface area contributed by atoms with Crippen LogP contribution in [0.4, 0.5) is 0 Å². The van der Waals surface area contributed by atoms with Crippen LogP contribution in [-0.2, 0) is 19.6 Å². The number of fused-ring (bicyclic) bond motifs is 1. The number of hydrogen-bond donors (Lipinski definition) is 1. The van der Waals surface area contributed by atoms with Crippen molar-refractivity contribution < 1.29 is 23.1 Å². The van der Waals surface area contributed by atoms with E-state index in [-0.39, 0.29) is 17.7 Å². The second-order valence-corrected chi connectivity index (χ2v) is 9.19. The highest BCUT2D eigenvalue weighted by Crippen LogP contribution is 2.41. The molecule has 2 saturated heterocycles. The summed E-state index contributed by atoms with van der Waals surface area (Å²) in [6.45, 7) is 1.41. The number of aliphatic carboxylic acids is 1. The van der Waals surface area contributed by atoms with Crippen LogP contribution in [0.25, 0.3) is 0 Å². The van der Waals surface area contributed by atoms with Crippen LogP contribution in [-0.4, -0.2) is 54.8 Å². The first-order valence-corrected chi connectivity index (χ1v) is 10.4. The summed E-state index contributed by atoms with van der Waals surface area (Å²) < 4.78 is 32.4. The largest absolute Gasteiger partial charge is 0.480 e. The van der Waals surface area contributed by atoms with Gasteiger partial charge < -0.3 is 9.84 Å². The summed E-state index contributed by atoms with van der Waals surface area (Å²) in [5.41, 5.74) is 0. The van der Waals surface area contributed by atoms with E-state index in [1.165, 1.54) is 4.31 Å². The Balaban J connectivity index is 1.71. The van der Waals surface area contributed by atoms with E-state index in [0.29, 0.717) is 32.0 Å². The first-order valence-electron chi connectivity index (χ1n) is 8.81. The molecular weight excluding hydrogens is 318 g/mol. The van der Waals surface area contributed by atoms with Crippen LogP contribution in [0.15, 0.2) is 0 Å². The molecule has 0 radical (unpaired) electrons. The summed E-state index contributed by atoms with van der Waals surface area (Å²) in [7, 11) is -3.51. The van der Waals surface area contributed by atoms with Crippen LogP contribution in [0.5, 0.6) is 0 Å². The Morgan fingerprint density at radius 1 is 1.13 bits per heavy atom. The monoisotopic (exact) mass is 345 g/mol. The van der Waals surface area contributed by atoms with Gasteiger partial charge in [-0.2, -0.15) is 4.31 Å². The maximum absolute atomic E-state index is 12.9. The lowest BCUT2D eigenvalue weighted by atomic mass is 9.85. The lowest BCUT2D eigenvalue weighted by molar-refractivity contribution is -0.141. The summed E-state index contributed by atoms with van der Waals surface area (Å²) in [5.74, 6) is -0.312. The Labute approximate surface area is 138 Å². The molecule has 7 heteroatoms. The van der Waals surface area contributed by atoms with Crippen molar-refractivity contribution in [2.45, 2.75) is 63.5 Å². The molecule has 1 aliphatic carbocycles. The minimum absolute atomic E-state index is 0.0741. The lowest BCUT2D eigenvalue weighted by Crippen LogP contribution is -2.47. The summed E-state index contributed by atoms with van der Waals surface area (Å²) in [4.78, 5) is 11.6. The molecule has 3 aliphatic rings. The Bertz CT molecular complexity index is 529. The summed E-state index contributed by atoms with van der Waals surface area (Å²) in [6.07, 6.45) is 6.77. The van der Waals surface area contributed by atoms with Gasteiger partial charge in [0, 0.05) is 19.3 Å². The molecule has 3 unspecified atom stereocenters. The third kappa shape index (κ3) is 3.72. The highest BCUT2D eigenvalue weighted by Gasteiger charge is 2.50. The van der Waals surface area contributed by atoms with Crippen LogP contribution in [0.3, 0.4) is 0 Å². The van der Waals surface area contributed by atoms with Crippen molar-refractivity contribution in [2.24, 2.45) is 11.8 Å². The number of ether oxygens (including phenoxy) is 1. The minimum Gasteiger partial charge on any atom is -0.480 e. The van der Waals surface area contributed by atoms with E-state index in [1.54, 1.807) is 0 Å². The van der Waals surface area contributed by atoms with Crippen LogP contribution < -0.4 is 0 Å². The predicted molar refractivity (Wildman–Crippen MR) is 85.6 cm³/mol. The molecule has 0 spiro atoms. The SMILES string of the molecule is O=C(O)C1CC2CCCCC2N1S(=O)(=O)CCC1CCOCC1. The highest BCUT2D eigenvalue weighted by molar-refractivity contribution is 7.89. The molecule has 6 nitrogen and oxygen atoms in total. The molecule has 3 atom stereocenters. The Morgan fingerprint density at radius 3 is 2.52 bits per heavy atom. The Kier molecular flexibility index (Phi) is 5.28. The van der Waals surface area contributed by atoms with E-state index in [0.717, 1.165) is 38.5 Å². The molecule has 132 valence electrons. The van der Waals surface area contributed by atoms with Gasteiger partial charge in [-0.1, -0.05) is 12.8 Å². The molecule has 1 saturated carbocycles. The van der Waals surface area contributed by atoms with Crippen LogP contribution in [0, 0.1) is 11.8 Å². The average Bonchev–Trinajstić information content (AvgIpc) is 2.95. The van der Waals surface area contributed by atoms with Gasteiger partial charge in [-0.15, -0.1) is 0 Å². The van der Waals surface area contributed by atoms with Gasteiger partial charge in [0.1, 0.15) is 6.04 Å². The van der Waals surface area contributed by atoms with E-state index < -0.39 is 22.0 Å². The van der Waals surface area contributed by atoms with Gasteiger partial charge in [0.05, 0.1) is 5.75 Å². The van der Waals surface area contributed by atoms with E-state index in [1.807, 2.05) is 0 Å². The molecule has 0 aromatic rings. The average molecular weight is 345 g/mol. The molecule has 23 heavy (non-hydrogen) atoms. The van der Waals surface area contributed by atoms with E-state index >= 15 is 0 Å². The fourth-order valence-electron chi connectivity index (χ4n) is 4.49. The summed E-state index contributed by atoms with van der Waals surface area (Å²) >= 11 is 0. The number of carboxylic acids is 1. The number of carboxylic acid groups (broad SMARTS) is 1. The van der Waals surface area contributed by atoms with Gasteiger partial charge in [0.25, 0.3) is 0 Å². The fraction of sp³-hybridized carbons (Fsp3) is 0.938. The second-order valence-electron chi connectivity index (χ2n) is 7.19. The maximum Gasteiger partial charge on any atom is 0.322 e. The van der Waals surface area contributed by atoms with Crippen LogP contribution in [0.1, 0.15) is 51.4 Å².